The number of hydrogen-bond acceptors (Lipinski definition) is 2. The van der Waals surface area contributed by atoms with Crippen molar-refractivity contribution < 1.29 is 0 Å². The molecule has 16 heavy (non-hydrogen) atoms. The summed E-state index contributed by atoms with van der Waals surface area (Å²) in [5.74, 6) is 6.23. The maximum absolute atomic E-state index is 6.15. The molecule has 0 aliphatic rings. The maximum Gasteiger partial charge on any atom is 0.0438 e. The van der Waals surface area contributed by atoms with Crippen LogP contribution in [0.2, 0.25) is 5.02 Å². The highest BCUT2D eigenvalue weighted by molar-refractivity contribution is 6.31. The summed E-state index contributed by atoms with van der Waals surface area (Å²) < 4.78 is 0. The third-order valence-electron chi connectivity index (χ3n) is 3.23. The van der Waals surface area contributed by atoms with Gasteiger partial charge in [0.2, 0.25) is 0 Å². The third-order valence-corrected chi connectivity index (χ3v) is 3.60. The zero-order chi connectivity index (χ0) is 12.0. The number of hydrazine groups is 1. The third kappa shape index (κ3) is 3.48. The molecule has 0 aromatic heterocycles. The van der Waals surface area contributed by atoms with Crippen LogP contribution < -0.4 is 11.3 Å². The average Bonchev–Trinajstić information content (AvgIpc) is 2.31. The fraction of sp³-hybridized carbons (Fsp3) is 0.538. The molecular formula is C13H21ClN2. The van der Waals surface area contributed by atoms with Crippen LogP contribution in [0.15, 0.2) is 24.3 Å². The van der Waals surface area contributed by atoms with Gasteiger partial charge in [0, 0.05) is 11.1 Å². The quantitative estimate of drug-likeness (QED) is 0.592. The summed E-state index contributed by atoms with van der Waals surface area (Å²) in [6.07, 6.45) is 3.16. The molecule has 3 heteroatoms. The first-order chi connectivity index (χ1) is 7.72. The molecule has 1 aromatic carbocycles. The van der Waals surface area contributed by atoms with Crippen LogP contribution in [0.3, 0.4) is 0 Å². The summed E-state index contributed by atoms with van der Waals surface area (Å²) in [5, 5.41) is 0.828. The highest BCUT2D eigenvalue weighted by atomic mass is 35.5. The van der Waals surface area contributed by atoms with Gasteiger partial charge >= 0.3 is 0 Å². The highest BCUT2D eigenvalue weighted by Crippen LogP contribution is 2.21. The minimum Gasteiger partial charge on any atom is -0.271 e. The Hall–Kier alpha value is -0.570. The van der Waals surface area contributed by atoms with E-state index in [9.17, 15) is 0 Å². The van der Waals surface area contributed by atoms with Crippen LogP contribution >= 0.6 is 11.6 Å². The van der Waals surface area contributed by atoms with Gasteiger partial charge in [0.15, 0.2) is 0 Å². The summed E-state index contributed by atoms with van der Waals surface area (Å²) in [6.45, 7) is 4.40. The largest absolute Gasteiger partial charge is 0.271 e. The zero-order valence-corrected chi connectivity index (χ0v) is 10.8. The van der Waals surface area contributed by atoms with Crippen LogP contribution in [0.4, 0.5) is 0 Å². The fourth-order valence-corrected chi connectivity index (χ4v) is 2.33. The van der Waals surface area contributed by atoms with Crippen molar-refractivity contribution in [3.63, 3.8) is 0 Å². The van der Waals surface area contributed by atoms with Crippen LogP contribution in [-0.4, -0.2) is 6.04 Å². The molecule has 0 heterocycles. The van der Waals surface area contributed by atoms with Gasteiger partial charge < -0.3 is 0 Å². The summed E-state index contributed by atoms with van der Waals surface area (Å²) >= 11 is 6.15. The molecule has 0 saturated carbocycles. The van der Waals surface area contributed by atoms with Crippen LogP contribution in [0.25, 0.3) is 0 Å². The van der Waals surface area contributed by atoms with E-state index in [0.29, 0.717) is 12.0 Å². The van der Waals surface area contributed by atoms with Crippen LogP contribution in [0.1, 0.15) is 32.3 Å². The van der Waals surface area contributed by atoms with Gasteiger partial charge in [0.25, 0.3) is 0 Å². The van der Waals surface area contributed by atoms with E-state index >= 15 is 0 Å². The molecule has 1 atom stereocenters. The van der Waals surface area contributed by atoms with E-state index in [0.717, 1.165) is 24.3 Å². The van der Waals surface area contributed by atoms with Gasteiger partial charge in [-0.1, -0.05) is 56.5 Å². The first-order valence-corrected chi connectivity index (χ1v) is 6.30. The van der Waals surface area contributed by atoms with Crippen molar-refractivity contribution in [3.05, 3.63) is 34.9 Å². The van der Waals surface area contributed by atoms with Gasteiger partial charge in [0.1, 0.15) is 0 Å². The molecule has 90 valence electrons. The van der Waals surface area contributed by atoms with Gasteiger partial charge in [-0.05, 0) is 24.0 Å². The SMILES string of the molecule is CCC(CC)C(Cc1ccccc1Cl)NN. The molecule has 1 rings (SSSR count). The standard InChI is InChI=1S/C13H21ClN2/c1-3-10(4-2)13(16-15)9-11-7-5-6-8-12(11)14/h5-8,10,13,16H,3-4,9,15H2,1-2H3. The maximum atomic E-state index is 6.15. The minimum absolute atomic E-state index is 0.301. The van der Waals surface area contributed by atoms with Gasteiger partial charge in [-0.15, -0.1) is 0 Å². The first kappa shape index (κ1) is 13.5. The molecule has 1 aromatic rings. The van der Waals surface area contributed by atoms with E-state index in [-0.39, 0.29) is 0 Å². The lowest BCUT2D eigenvalue weighted by atomic mass is 9.90. The van der Waals surface area contributed by atoms with Crippen molar-refractivity contribution in [2.24, 2.45) is 11.8 Å². The normalized spacial score (nSPS) is 13.1. The molecule has 1 unspecified atom stereocenters. The Morgan fingerprint density at radius 3 is 2.38 bits per heavy atom. The van der Waals surface area contributed by atoms with E-state index in [1.807, 2.05) is 18.2 Å². The molecule has 0 aliphatic heterocycles. The van der Waals surface area contributed by atoms with Crippen molar-refractivity contribution in [3.8, 4) is 0 Å². The van der Waals surface area contributed by atoms with E-state index in [1.165, 1.54) is 5.56 Å². The number of benzene rings is 1. The molecular weight excluding hydrogens is 220 g/mol. The molecule has 0 radical (unpaired) electrons. The van der Waals surface area contributed by atoms with E-state index < -0.39 is 0 Å². The summed E-state index contributed by atoms with van der Waals surface area (Å²) in [7, 11) is 0. The lowest BCUT2D eigenvalue weighted by molar-refractivity contribution is 0.335. The smallest absolute Gasteiger partial charge is 0.0438 e. The second-order valence-corrected chi connectivity index (χ2v) is 4.55. The van der Waals surface area contributed by atoms with E-state index in [2.05, 4.69) is 25.3 Å². The van der Waals surface area contributed by atoms with Gasteiger partial charge in [-0.25, -0.2) is 0 Å². The van der Waals surface area contributed by atoms with Crippen molar-refractivity contribution in [2.75, 3.05) is 0 Å². The van der Waals surface area contributed by atoms with E-state index in [1.54, 1.807) is 0 Å². The van der Waals surface area contributed by atoms with Gasteiger partial charge in [0.05, 0.1) is 0 Å². The van der Waals surface area contributed by atoms with E-state index in [4.69, 9.17) is 17.4 Å². The molecule has 3 N–H and O–H groups in total. The second kappa shape index (κ2) is 6.89. The Kier molecular flexibility index (Phi) is 5.81. The van der Waals surface area contributed by atoms with Gasteiger partial charge in [-0.2, -0.15) is 0 Å². The summed E-state index contributed by atoms with van der Waals surface area (Å²) in [5.41, 5.74) is 4.09. The molecule has 0 bridgehead atoms. The molecule has 0 amide bonds. The van der Waals surface area contributed by atoms with Gasteiger partial charge in [-0.3, -0.25) is 11.3 Å². The predicted octanol–water partition coefficient (Wildman–Crippen LogP) is 3.15. The lowest BCUT2D eigenvalue weighted by Gasteiger charge is -2.24. The molecule has 0 spiro atoms. The highest BCUT2D eigenvalue weighted by Gasteiger charge is 2.18. The number of nitrogens with one attached hydrogen (secondary N) is 1. The Morgan fingerprint density at radius 2 is 1.88 bits per heavy atom. The number of nitrogens with two attached hydrogens (primary N) is 1. The zero-order valence-electron chi connectivity index (χ0n) is 10.0. The lowest BCUT2D eigenvalue weighted by Crippen LogP contribution is -2.42. The Morgan fingerprint density at radius 1 is 1.25 bits per heavy atom. The molecule has 0 saturated heterocycles. The average molecular weight is 241 g/mol. The van der Waals surface area contributed by atoms with Crippen LogP contribution in [0, 0.1) is 5.92 Å². The monoisotopic (exact) mass is 240 g/mol. The Bertz CT molecular complexity index is 311. The van der Waals surface area contributed by atoms with Crippen molar-refractivity contribution >= 4 is 11.6 Å². The van der Waals surface area contributed by atoms with Crippen LogP contribution in [0.5, 0.6) is 0 Å². The Balaban J connectivity index is 2.73. The molecule has 0 fully saturated rings. The second-order valence-electron chi connectivity index (χ2n) is 4.15. The topological polar surface area (TPSA) is 38.0 Å². The van der Waals surface area contributed by atoms with Crippen molar-refractivity contribution in [1.82, 2.24) is 5.43 Å². The minimum atomic E-state index is 0.301. The Labute approximate surface area is 103 Å². The number of halogens is 1. The number of hydrogen-bond donors (Lipinski definition) is 2. The van der Waals surface area contributed by atoms with Crippen LogP contribution in [-0.2, 0) is 6.42 Å². The first-order valence-electron chi connectivity index (χ1n) is 5.92. The van der Waals surface area contributed by atoms with Crippen molar-refractivity contribution in [1.29, 1.82) is 0 Å². The molecule has 0 aliphatic carbocycles. The summed E-state index contributed by atoms with van der Waals surface area (Å²) in [4.78, 5) is 0. The number of rotatable bonds is 6. The van der Waals surface area contributed by atoms with Crippen molar-refractivity contribution in [2.45, 2.75) is 39.2 Å². The summed E-state index contributed by atoms with van der Waals surface area (Å²) in [6, 6.07) is 8.26. The fourth-order valence-electron chi connectivity index (χ4n) is 2.12. The molecule has 2 nitrogen and oxygen atoms in total. The predicted molar refractivity (Wildman–Crippen MR) is 70.3 cm³/mol.